The molecule has 0 amide bonds. The molecule has 8 heteroatoms. The summed E-state index contributed by atoms with van der Waals surface area (Å²) in [4.78, 5) is 6.52. The fraction of sp³-hybridized carbons (Fsp3) is 0.190. The maximum Gasteiger partial charge on any atom is 0.240 e. The number of halogens is 1. The first-order chi connectivity index (χ1) is 13.7. The van der Waals surface area contributed by atoms with Crippen LogP contribution >= 0.6 is 11.3 Å². The Balaban J connectivity index is 1.57. The van der Waals surface area contributed by atoms with Crippen LogP contribution in [0.2, 0.25) is 0 Å². The van der Waals surface area contributed by atoms with Gasteiger partial charge in [-0.1, -0.05) is 17.4 Å². The van der Waals surface area contributed by atoms with E-state index in [0.717, 1.165) is 37.9 Å². The Morgan fingerprint density at radius 1 is 1.07 bits per heavy atom. The molecule has 0 aliphatic heterocycles. The molecule has 4 aromatic rings. The maximum absolute atomic E-state index is 13.1. The Bertz CT molecular complexity index is 1310. The average molecular weight is 430 g/mol. The lowest BCUT2D eigenvalue weighted by molar-refractivity contribution is 0.581. The van der Waals surface area contributed by atoms with Crippen LogP contribution < -0.4 is 4.72 Å². The Morgan fingerprint density at radius 2 is 1.79 bits per heavy atom. The van der Waals surface area contributed by atoms with Gasteiger partial charge in [0.25, 0.3) is 0 Å². The van der Waals surface area contributed by atoms with Crippen LogP contribution in [0.25, 0.3) is 16.2 Å². The number of nitrogens with zero attached hydrogens (tertiary/aromatic N) is 2. The van der Waals surface area contributed by atoms with Crippen LogP contribution in [0.3, 0.4) is 0 Å². The van der Waals surface area contributed by atoms with Gasteiger partial charge in [-0.15, -0.1) is 0 Å². The summed E-state index contributed by atoms with van der Waals surface area (Å²) in [5.74, 6) is -0.288. The molecule has 4 rings (SSSR count). The van der Waals surface area contributed by atoms with E-state index in [4.69, 9.17) is 0 Å². The van der Waals surface area contributed by atoms with Gasteiger partial charge in [0.05, 0.1) is 10.6 Å². The van der Waals surface area contributed by atoms with Crippen molar-refractivity contribution in [1.29, 1.82) is 0 Å². The molecule has 0 spiro atoms. The van der Waals surface area contributed by atoms with Crippen molar-refractivity contribution in [2.45, 2.75) is 32.2 Å². The minimum atomic E-state index is -3.60. The second-order valence-corrected chi connectivity index (χ2v) is 9.80. The lowest BCUT2D eigenvalue weighted by Gasteiger charge is -2.08. The third kappa shape index (κ3) is 3.83. The van der Waals surface area contributed by atoms with Gasteiger partial charge in [-0.05, 0) is 68.3 Å². The first-order valence-corrected chi connectivity index (χ1v) is 11.3. The summed E-state index contributed by atoms with van der Waals surface area (Å²) in [5.41, 5.74) is 4.50. The smallest absolute Gasteiger partial charge is 0.240 e. The molecule has 0 fully saturated rings. The summed E-state index contributed by atoms with van der Waals surface area (Å²) >= 11 is 1.43. The fourth-order valence-corrected chi connectivity index (χ4v) is 5.26. The standard InChI is InChI=1S/C21H20FN3O2S2/c1-13-4-9-18(10-14(13)2)29(26,27)23-11-20-15(3)25-12-19(24-21(25)28-20)16-5-7-17(22)8-6-16/h4-10,12,23H,11H2,1-3H3. The summed E-state index contributed by atoms with van der Waals surface area (Å²) in [6, 6.07) is 11.3. The third-order valence-electron chi connectivity index (χ3n) is 5.00. The molecule has 0 bridgehead atoms. The molecule has 0 unspecified atom stereocenters. The highest BCUT2D eigenvalue weighted by Gasteiger charge is 2.18. The zero-order valence-corrected chi connectivity index (χ0v) is 17.9. The van der Waals surface area contributed by atoms with E-state index in [0.29, 0.717) is 0 Å². The first-order valence-electron chi connectivity index (χ1n) is 9.05. The Morgan fingerprint density at radius 3 is 2.45 bits per heavy atom. The van der Waals surface area contributed by atoms with E-state index in [9.17, 15) is 12.8 Å². The van der Waals surface area contributed by atoms with Crippen LogP contribution in [0.15, 0.2) is 53.6 Å². The molecule has 1 N–H and O–H groups in total. The normalized spacial score (nSPS) is 12.0. The molecule has 0 saturated heterocycles. The number of hydrogen-bond donors (Lipinski definition) is 1. The van der Waals surface area contributed by atoms with Gasteiger partial charge in [0.2, 0.25) is 10.0 Å². The summed E-state index contributed by atoms with van der Waals surface area (Å²) in [6.45, 7) is 5.97. The van der Waals surface area contributed by atoms with E-state index in [1.165, 1.54) is 23.5 Å². The van der Waals surface area contributed by atoms with Crippen LogP contribution in [0.5, 0.6) is 0 Å². The van der Waals surface area contributed by atoms with Crippen LogP contribution in [0, 0.1) is 26.6 Å². The maximum atomic E-state index is 13.1. The second kappa shape index (κ2) is 7.37. The molecule has 2 aromatic carbocycles. The zero-order valence-electron chi connectivity index (χ0n) is 16.2. The number of aryl methyl sites for hydroxylation is 3. The molecule has 0 atom stereocenters. The van der Waals surface area contributed by atoms with Gasteiger partial charge in [-0.3, -0.25) is 4.40 Å². The monoisotopic (exact) mass is 429 g/mol. The predicted octanol–water partition coefficient (Wildman–Crippen LogP) is 4.61. The molecule has 5 nitrogen and oxygen atoms in total. The van der Waals surface area contributed by atoms with Gasteiger partial charge in [-0.2, -0.15) is 0 Å². The fourth-order valence-electron chi connectivity index (χ4n) is 3.04. The number of nitrogens with one attached hydrogen (secondary N) is 1. The molecule has 0 aliphatic carbocycles. The van der Waals surface area contributed by atoms with Crippen molar-refractivity contribution in [2.24, 2.45) is 0 Å². The van der Waals surface area contributed by atoms with Crippen molar-refractivity contribution >= 4 is 26.3 Å². The molecule has 0 radical (unpaired) electrons. The van der Waals surface area contributed by atoms with Crippen molar-refractivity contribution in [1.82, 2.24) is 14.1 Å². The number of thiazole rings is 1. The summed E-state index contributed by atoms with van der Waals surface area (Å²) in [5, 5.41) is 0. The van der Waals surface area contributed by atoms with E-state index in [1.807, 2.05) is 37.4 Å². The number of fused-ring (bicyclic) bond motifs is 1. The summed E-state index contributed by atoms with van der Waals surface area (Å²) in [7, 11) is -3.60. The predicted molar refractivity (Wildman–Crippen MR) is 113 cm³/mol. The topological polar surface area (TPSA) is 63.5 Å². The minimum absolute atomic E-state index is 0.195. The van der Waals surface area contributed by atoms with Gasteiger partial charge < -0.3 is 0 Å². The van der Waals surface area contributed by atoms with E-state index < -0.39 is 10.0 Å². The number of imidazole rings is 1. The highest BCUT2D eigenvalue weighted by atomic mass is 32.2. The molecule has 0 saturated carbocycles. The van der Waals surface area contributed by atoms with Crippen LogP contribution in [-0.4, -0.2) is 17.8 Å². The molecular formula is C21H20FN3O2S2. The van der Waals surface area contributed by atoms with Gasteiger partial charge in [0.15, 0.2) is 4.96 Å². The Labute approximate surface area is 172 Å². The van der Waals surface area contributed by atoms with Gasteiger partial charge >= 0.3 is 0 Å². The molecule has 29 heavy (non-hydrogen) atoms. The summed E-state index contributed by atoms with van der Waals surface area (Å²) < 4.78 is 43.0. The Kier molecular flexibility index (Phi) is 5.02. The van der Waals surface area contributed by atoms with E-state index in [-0.39, 0.29) is 17.3 Å². The number of aromatic nitrogens is 2. The van der Waals surface area contributed by atoms with E-state index >= 15 is 0 Å². The molecule has 150 valence electrons. The van der Waals surface area contributed by atoms with Gasteiger partial charge in [0.1, 0.15) is 5.82 Å². The van der Waals surface area contributed by atoms with Crippen molar-refractivity contribution in [3.63, 3.8) is 0 Å². The zero-order chi connectivity index (χ0) is 20.8. The number of hydrogen-bond acceptors (Lipinski definition) is 4. The van der Waals surface area contributed by atoms with Gasteiger partial charge in [0, 0.05) is 28.9 Å². The molecule has 2 aromatic heterocycles. The lowest BCUT2D eigenvalue weighted by Crippen LogP contribution is -2.23. The van der Waals surface area contributed by atoms with Crippen molar-refractivity contribution in [2.75, 3.05) is 0 Å². The van der Waals surface area contributed by atoms with Crippen LogP contribution in [-0.2, 0) is 16.6 Å². The first kappa shape index (κ1) is 19.8. The largest absolute Gasteiger partial charge is 0.294 e. The lowest BCUT2D eigenvalue weighted by atomic mass is 10.1. The Hall–Kier alpha value is -2.55. The van der Waals surface area contributed by atoms with E-state index in [2.05, 4.69) is 9.71 Å². The quantitative estimate of drug-likeness (QED) is 0.504. The number of benzene rings is 2. The second-order valence-electron chi connectivity index (χ2n) is 6.97. The van der Waals surface area contributed by atoms with Crippen LogP contribution in [0.4, 0.5) is 4.39 Å². The summed E-state index contributed by atoms with van der Waals surface area (Å²) in [6.07, 6.45) is 1.88. The van der Waals surface area contributed by atoms with Gasteiger partial charge in [-0.25, -0.2) is 22.5 Å². The highest BCUT2D eigenvalue weighted by Crippen LogP contribution is 2.27. The van der Waals surface area contributed by atoms with E-state index in [1.54, 1.807) is 24.3 Å². The van der Waals surface area contributed by atoms with Crippen molar-refractivity contribution < 1.29 is 12.8 Å². The molecule has 0 aliphatic rings. The molecular weight excluding hydrogens is 409 g/mol. The van der Waals surface area contributed by atoms with Crippen molar-refractivity contribution in [3.8, 4) is 11.3 Å². The highest BCUT2D eigenvalue weighted by molar-refractivity contribution is 7.89. The SMILES string of the molecule is Cc1ccc(S(=O)(=O)NCc2sc3nc(-c4ccc(F)cc4)cn3c2C)cc1C. The minimum Gasteiger partial charge on any atom is -0.294 e. The number of sulfonamides is 1. The van der Waals surface area contributed by atoms with Crippen LogP contribution in [0.1, 0.15) is 21.7 Å². The molecule has 2 heterocycles. The average Bonchev–Trinajstić information content (AvgIpc) is 3.22. The van der Waals surface area contributed by atoms with Crippen molar-refractivity contribution in [3.05, 3.63) is 76.2 Å². The third-order valence-corrected chi connectivity index (χ3v) is 7.56. The number of rotatable bonds is 5.